The first-order chi connectivity index (χ1) is 15.0. The lowest BCUT2D eigenvalue weighted by Gasteiger charge is -2.20. The number of fused-ring (bicyclic) bond motifs is 1. The van der Waals surface area contributed by atoms with Crippen LogP contribution in [0, 0.1) is 5.92 Å². The Labute approximate surface area is 181 Å². The van der Waals surface area contributed by atoms with E-state index in [0.29, 0.717) is 25.3 Å². The maximum Gasteiger partial charge on any atom is 0.332 e. The van der Waals surface area contributed by atoms with Crippen molar-refractivity contribution in [3.63, 3.8) is 0 Å². The predicted molar refractivity (Wildman–Crippen MR) is 115 cm³/mol. The molecular formula is C23H27N3O5. The van der Waals surface area contributed by atoms with Crippen LogP contribution in [0.5, 0.6) is 11.6 Å². The van der Waals surface area contributed by atoms with E-state index in [1.165, 1.54) is 0 Å². The molecule has 1 saturated carbocycles. The molecule has 1 aromatic heterocycles. The first kappa shape index (κ1) is 21.1. The zero-order valence-electron chi connectivity index (χ0n) is 17.7. The van der Waals surface area contributed by atoms with Crippen LogP contribution in [0.4, 0.5) is 0 Å². The number of hydrogen-bond acceptors (Lipinski definition) is 7. The van der Waals surface area contributed by atoms with Gasteiger partial charge in [-0.2, -0.15) is 0 Å². The van der Waals surface area contributed by atoms with Crippen LogP contribution >= 0.6 is 0 Å². The van der Waals surface area contributed by atoms with Crippen molar-refractivity contribution in [2.45, 2.75) is 37.5 Å². The molecule has 2 heterocycles. The van der Waals surface area contributed by atoms with Crippen molar-refractivity contribution in [3.05, 3.63) is 43.1 Å². The Morgan fingerprint density at radius 3 is 2.94 bits per heavy atom. The van der Waals surface area contributed by atoms with E-state index in [9.17, 15) is 9.59 Å². The lowest BCUT2D eigenvalue weighted by Crippen LogP contribution is -2.51. The number of rotatable bonds is 8. The number of hydrogen-bond donors (Lipinski definition) is 2. The number of aromatic nitrogens is 1. The molecule has 8 heteroatoms. The van der Waals surface area contributed by atoms with E-state index in [4.69, 9.17) is 14.2 Å². The molecule has 4 rings (SSSR count). The smallest absolute Gasteiger partial charge is 0.332 e. The van der Waals surface area contributed by atoms with Crippen LogP contribution in [0.25, 0.3) is 10.8 Å². The van der Waals surface area contributed by atoms with Gasteiger partial charge in [0, 0.05) is 30.5 Å². The van der Waals surface area contributed by atoms with E-state index in [0.717, 1.165) is 16.5 Å². The van der Waals surface area contributed by atoms with Crippen molar-refractivity contribution in [3.8, 4) is 11.6 Å². The van der Waals surface area contributed by atoms with Gasteiger partial charge < -0.3 is 24.8 Å². The standard InChI is InChI=1S/C23H27N3O5/c1-4-15-12-23(15,22(28)30-5-2)26-20(27)19-11-17(13-25-19)31-21-18-7-6-16(29-3)10-14(18)8-9-24-21/h4,6-10,15,17,19,25H,1,5,11-13H2,2-3H3,(H,26,27)/t15-,17?,19+,23-/m1/s1. The Bertz CT molecular complexity index is 1010. The van der Waals surface area contributed by atoms with Crippen LogP contribution in [0.1, 0.15) is 19.8 Å². The lowest BCUT2D eigenvalue weighted by atomic mass is 10.1. The number of methoxy groups -OCH3 is 1. The molecule has 2 aliphatic rings. The average Bonchev–Trinajstić information content (AvgIpc) is 3.30. The summed E-state index contributed by atoms with van der Waals surface area (Å²) in [6, 6.07) is 7.13. The van der Waals surface area contributed by atoms with Gasteiger partial charge in [-0.3, -0.25) is 4.79 Å². The van der Waals surface area contributed by atoms with E-state index in [-0.39, 0.29) is 24.5 Å². The summed E-state index contributed by atoms with van der Waals surface area (Å²) in [4.78, 5) is 29.6. The predicted octanol–water partition coefficient (Wildman–Crippen LogP) is 1.98. The number of amides is 1. The van der Waals surface area contributed by atoms with Crippen LogP contribution in [0.3, 0.4) is 0 Å². The van der Waals surface area contributed by atoms with Crippen molar-refractivity contribution >= 4 is 22.6 Å². The summed E-state index contributed by atoms with van der Waals surface area (Å²) in [6.45, 7) is 6.27. The van der Waals surface area contributed by atoms with Gasteiger partial charge in [-0.05, 0) is 43.0 Å². The molecule has 31 heavy (non-hydrogen) atoms. The third-order valence-electron chi connectivity index (χ3n) is 5.91. The van der Waals surface area contributed by atoms with E-state index in [1.54, 1.807) is 26.3 Å². The second-order valence-corrected chi connectivity index (χ2v) is 7.87. The minimum atomic E-state index is -0.994. The highest BCUT2D eigenvalue weighted by atomic mass is 16.5. The van der Waals surface area contributed by atoms with Gasteiger partial charge in [0.1, 0.15) is 17.4 Å². The maximum atomic E-state index is 12.9. The fourth-order valence-corrected chi connectivity index (χ4v) is 4.07. The van der Waals surface area contributed by atoms with Gasteiger partial charge in [0.15, 0.2) is 0 Å². The molecule has 1 aliphatic carbocycles. The summed E-state index contributed by atoms with van der Waals surface area (Å²) in [5, 5.41) is 7.92. The highest BCUT2D eigenvalue weighted by Crippen LogP contribution is 2.45. The van der Waals surface area contributed by atoms with Crippen LogP contribution < -0.4 is 20.1 Å². The fraction of sp³-hybridized carbons (Fsp3) is 0.435. The second-order valence-electron chi connectivity index (χ2n) is 7.87. The van der Waals surface area contributed by atoms with Crippen molar-refractivity contribution < 1.29 is 23.8 Å². The Kier molecular flexibility index (Phi) is 5.82. The molecular weight excluding hydrogens is 398 g/mol. The SMILES string of the molecule is C=C[C@@H]1C[C@]1(NC(=O)[C@@H]1CC(Oc2nccc3cc(OC)ccc23)CN1)C(=O)OCC. The van der Waals surface area contributed by atoms with Gasteiger partial charge in [0.05, 0.1) is 19.8 Å². The molecule has 1 amide bonds. The van der Waals surface area contributed by atoms with Gasteiger partial charge >= 0.3 is 5.97 Å². The highest BCUT2D eigenvalue weighted by Gasteiger charge is 2.61. The van der Waals surface area contributed by atoms with E-state index in [2.05, 4.69) is 22.2 Å². The van der Waals surface area contributed by atoms with Gasteiger partial charge in [0.25, 0.3) is 0 Å². The normalized spacial score (nSPS) is 26.8. The molecule has 2 fully saturated rings. The van der Waals surface area contributed by atoms with Gasteiger partial charge in [0.2, 0.25) is 11.8 Å². The van der Waals surface area contributed by atoms with Crippen molar-refractivity contribution in [2.75, 3.05) is 20.3 Å². The molecule has 4 atom stereocenters. The average molecular weight is 425 g/mol. The fourth-order valence-electron chi connectivity index (χ4n) is 4.07. The van der Waals surface area contributed by atoms with Gasteiger partial charge in [-0.25, -0.2) is 9.78 Å². The van der Waals surface area contributed by atoms with E-state index in [1.807, 2.05) is 24.3 Å². The molecule has 164 valence electrons. The summed E-state index contributed by atoms with van der Waals surface area (Å²) in [5.41, 5.74) is -0.994. The number of benzene rings is 1. The summed E-state index contributed by atoms with van der Waals surface area (Å²) < 4.78 is 16.5. The zero-order valence-corrected chi connectivity index (χ0v) is 17.7. The molecule has 1 aromatic carbocycles. The van der Waals surface area contributed by atoms with Crippen molar-refractivity contribution in [2.24, 2.45) is 5.92 Å². The van der Waals surface area contributed by atoms with Crippen LogP contribution in [-0.4, -0.2) is 54.8 Å². The Balaban J connectivity index is 1.41. The summed E-state index contributed by atoms with van der Waals surface area (Å²) in [6.07, 6.45) is 4.14. The van der Waals surface area contributed by atoms with Gasteiger partial charge in [-0.15, -0.1) is 6.58 Å². The third-order valence-corrected chi connectivity index (χ3v) is 5.91. The van der Waals surface area contributed by atoms with Gasteiger partial charge in [-0.1, -0.05) is 6.08 Å². The maximum absolute atomic E-state index is 12.9. The molecule has 1 unspecified atom stereocenters. The molecule has 0 radical (unpaired) electrons. The van der Waals surface area contributed by atoms with Crippen LogP contribution in [-0.2, 0) is 14.3 Å². The minimum Gasteiger partial charge on any atom is -0.497 e. The van der Waals surface area contributed by atoms with Crippen LogP contribution in [0.2, 0.25) is 0 Å². The largest absolute Gasteiger partial charge is 0.497 e. The molecule has 0 bridgehead atoms. The molecule has 0 spiro atoms. The van der Waals surface area contributed by atoms with Crippen molar-refractivity contribution in [1.82, 2.24) is 15.6 Å². The number of nitrogens with zero attached hydrogens (tertiary/aromatic N) is 1. The number of carbonyl (C=O) groups is 2. The number of carbonyl (C=O) groups excluding carboxylic acids is 2. The first-order valence-electron chi connectivity index (χ1n) is 10.4. The molecule has 8 nitrogen and oxygen atoms in total. The topological polar surface area (TPSA) is 98.8 Å². The monoisotopic (exact) mass is 425 g/mol. The number of pyridine rings is 1. The Morgan fingerprint density at radius 2 is 2.23 bits per heavy atom. The number of ether oxygens (including phenoxy) is 3. The lowest BCUT2D eigenvalue weighted by molar-refractivity contribution is -0.149. The van der Waals surface area contributed by atoms with E-state index >= 15 is 0 Å². The van der Waals surface area contributed by atoms with Crippen molar-refractivity contribution in [1.29, 1.82) is 0 Å². The highest BCUT2D eigenvalue weighted by molar-refractivity contribution is 5.93. The summed E-state index contributed by atoms with van der Waals surface area (Å²) >= 11 is 0. The molecule has 2 N–H and O–H groups in total. The first-order valence-corrected chi connectivity index (χ1v) is 10.4. The summed E-state index contributed by atoms with van der Waals surface area (Å²) in [5.74, 6) is 0.525. The quantitative estimate of drug-likeness (QED) is 0.493. The molecule has 1 aliphatic heterocycles. The molecule has 2 aromatic rings. The number of nitrogens with one attached hydrogen (secondary N) is 2. The van der Waals surface area contributed by atoms with Crippen LogP contribution in [0.15, 0.2) is 43.1 Å². The minimum absolute atomic E-state index is 0.110. The Morgan fingerprint density at radius 1 is 1.39 bits per heavy atom. The summed E-state index contributed by atoms with van der Waals surface area (Å²) in [7, 11) is 1.63. The second kappa shape index (κ2) is 8.55. The van der Waals surface area contributed by atoms with E-state index < -0.39 is 17.6 Å². The Hall–Kier alpha value is -3.13. The zero-order chi connectivity index (χ0) is 22.0. The number of esters is 1. The third kappa shape index (κ3) is 4.07. The molecule has 1 saturated heterocycles.